The lowest BCUT2D eigenvalue weighted by molar-refractivity contribution is -0.125. The van der Waals surface area contributed by atoms with E-state index in [0.29, 0.717) is 12.5 Å². The third kappa shape index (κ3) is 5.70. The van der Waals surface area contributed by atoms with Crippen molar-refractivity contribution in [2.45, 2.75) is 31.3 Å². The van der Waals surface area contributed by atoms with Crippen LogP contribution in [0.4, 0.5) is 0 Å². The normalized spacial score (nSPS) is 15.9. The molecule has 3 nitrogen and oxygen atoms in total. The minimum Gasteiger partial charge on any atom is -0.350 e. The SMILES string of the molecule is O=C(NCc1cccc2ccccc12)C(/C=C/c1ccccc1)N1CCC(c2ccccc2)CC1. The summed E-state index contributed by atoms with van der Waals surface area (Å²) in [5.74, 6) is 0.619. The van der Waals surface area contributed by atoms with E-state index in [1.54, 1.807) is 0 Å². The van der Waals surface area contributed by atoms with Crippen LogP contribution in [0.5, 0.6) is 0 Å². The number of nitrogens with zero attached hydrogens (tertiary/aromatic N) is 1. The Morgan fingerprint density at radius 2 is 1.49 bits per heavy atom. The Hall–Kier alpha value is -3.69. The number of rotatable bonds is 7. The molecular formula is C32H32N2O. The van der Waals surface area contributed by atoms with Crippen LogP contribution in [0.3, 0.4) is 0 Å². The number of piperidine rings is 1. The van der Waals surface area contributed by atoms with Crippen molar-refractivity contribution in [3.63, 3.8) is 0 Å². The van der Waals surface area contributed by atoms with Crippen molar-refractivity contribution in [1.29, 1.82) is 0 Å². The topological polar surface area (TPSA) is 32.3 Å². The molecule has 1 atom stereocenters. The van der Waals surface area contributed by atoms with Gasteiger partial charge in [-0.05, 0) is 59.3 Å². The van der Waals surface area contributed by atoms with Crippen LogP contribution in [0, 0.1) is 0 Å². The first-order chi connectivity index (χ1) is 17.3. The maximum Gasteiger partial charge on any atom is 0.241 e. The molecule has 0 aromatic heterocycles. The second-order valence-corrected chi connectivity index (χ2v) is 9.29. The number of carbonyl (C=O) groups is 1. The van der Waals surface area contributed by atoms with E-state index in [1.165, 1.54) is 16.3 Å². The summed E-state index contributed by atoms with van der Waals surface area (Å²) in [5, 5.41) is 5.62. The zero-order chi connectivity index (χ0) is 23.9. The quantitative estimate of drug-likeness (QED) is 0.345. The first-order valence-corrected chi connectivity index (χ1v) is 12.5. The van der Waals surface area contributed by atoms with Gasteiger partial charge in [-0.3, -0.25) is 9.69 Å². The van der Waals surface area contributed by atoms with Crippen LogP contribution in [-0.4, -0.2) is 29.9 Å². The van der Waals surface area contributed by atoms with E-state index >= 15 is 0 Å². The van der Waals surface area contributed by atoms with Gasteiger partial charge in [0.15, 0.2) is 0 Å². The third-order valence-electron chi connectivity index (χ3n) is 7.07. The highest BCUT2D eigenvalue weighted by Crippen LogP contribution is 2.29. The molecule has 4 aromatic carbocycles. The summed E-state index contributed by atoms with van der Waals surface area (Å²) in [6, 6.07) is 35.3. The van der Waals surface area contributed by atoms with Gasteiger partial charge in [-0.2, -0.15) is 0 Å². The van der Waals surface area contributed by atoms with Crippen LogP contribution >= 0.6 is 0 Å². The van der Waals surface area contributed by atoms with Crippen molar-refractivity contribution >= 4 is 22.8 Å². The molecule has 3 heteroatoms. The summed E-state index contributed by atoms with van der Waals surface area (Å²) in [5.41, 5.74) is 3.66. The summed E-state index contributed by atoms with van der Waals surface area (Å²) in [7, 11) is 0. The molecule has 1 heterocycles. The largest absolute Gasteiger partial charge is 0.350 e. The first-order valence-electron chi connectivity index (χ1n) is 12.5. The van der Waals surface area contributed by atoms with Crippen LogP contribution in [0.25, 0.3) is 16.8 Å². The van der Waals surface area contributed by atoms with Crippen LogP contribution < -0.4 is 5.32 Å². The van der Waals surface area contributed by atoms with Gasteiger partial charge >= 0.3 is 0 Å². The molecule has 0 spiro atoms. The lowest BCUT2D eigenvalue weighted by atomic mass is 9.89. The van der Waals surface area contributed by atoms with Crippen LogP contribution in [0.1, 0.15) is 35.4 Å². The lowest BCUT2D eigenvalue weighted by Crippen LogP contribution is -2.48. The fourth-order valence-corrected chi connectivity index (χ4v) is 5.11. The molecule has 0 radical (unpaired) electrons. The highest BCUT2D eigenvalue weighted by atomic mass is 16.2. The molecule has 1 fully saturated rings. The predicted octanol–water partition coefficient (Wildman–Crippen LogP) is 6.42. The van der Waals surface area contributed by atoms with E-state index in [1.807, 2.05) is 24.3 Å². The molecule has 1 unspecified atom stereocenters. The Balaban J connectivity index is 1.31. The standard InChI is InChI=1S/C32H32N2O/c35-32(33-24-29-16-9-15-28-14-7-8-17-30(28)29)31(19-18-25-10-3-1-4-11-25)34-22-20-27(21-23-34)26-12-5-2-6-13-26/h1-19,27,31H,20-24H2,(H,33,35)/b19-18+. The fraction of sp³-hybridized carbons (Fsp3) is 0.219. The van der Waals surface area contributed by atoms with Crippen LogP contribution in [-0.2, 0) is 11.3 Å². The van der Waals surface area contributed by atoms with Crippen molar-refractivity contribution in [2.24, 2.45) is 0 Å². The van der Waals surface area contributed by atoms with Crippen LogP contribution in [0.15, 0.2) is 109 Å². The highest BCUT2D eigenvalue weighted by Gasteiger charge is 2.28. The third-order valence-corrected chi connectivity index (χ3v) is 7.07. The van der Waals surface area contributed by atoms with Gasteiger partial charge in [-0.15, -0.1) is 0 Å². The maximum absolute atomic E-state index is 13.5. The number of hydrogen-bond acceptors (Lipinski definition) is 2. The van der Waals surface area contributed by atoms with E-state index in [4.69, 9.17) is 0 Å². The monoisotopic (exact) mass is 460 g/mol. The molecule has 5 rings (SSSR count). The molecule has 1 N–H and O–H groups in total. The first kappa shape index (κ1) is 23.1. The maximum atomic E-state index is 13.5. The van der Waals surface area contributed by atoms with Gasteiger partial charge in [-0.1, -0.05) is 115 Å². The van der Waals surface area contributed by atoms with Gasteiger partial charge in [0.1, 0.15) is 6.04 Å². The minimum absolute atomic E-state index is 0.0586. The Labute approximate surface area is 208 Å². The van der Waals surface area contributed by atoms with Crippen molar-refractivity contribution in [3.8, 4) is 0 Å². The van der Waals surface area contributed by atoms with E-state index < -0.39 is 0 Å². The Bertz CT molecular complexity index is 1270. The number of likely N-dealkylation sites (tertiary alicyclic amines) is 1. The smallest absolute Gasteiger partial charge is 0.241 e. The van der Waals surface area contributed by atoms with Gasteiger partial charge in [0.2, 0.25) is 5.91 Å². The zero-order valence-electron chi connectivity index (χ0n) is 20.0. The summed E-state index contributed by atoms with van der Waals surface area (Å²) >= 11 is 0. The number of nitrogens with one attached hydrogen (secondary N) is 1. The number of fused-ring (bicyclic) bond motifs is 1. The van der Waals surface area contributed by atoms with Gasteiger partial charge in [-0.25, -0.2) is 0 Å². The van der Waals surface area contributed by atoms with E-state index in [2.05, 4.69) is 101 Å². The Morgan fingerprint density at radius 1 is 0.829 bits per heavy atom. The number of hydrogen-bond donors (Lipinski definition) is 1. The van der Waals surface area contributed by atoms with E-state index in [0.717, 1.165) is 37.1 Å². The molecule has 4 aromatic rings. The van der Waals surface area contributed by atoms with Crippen molar-refractivity contribution in [2.75, 3.05) is 13.1 Å². The van der Waals surface area contributed by atoms with E-state index in [-0.39, 0.29) is 11.9 Å². The molecule has 176 valence electrons. The molecule has 0 aliphatic carbocycles. The summed E-state index contributed by atoms with van der Waals surface area (Å²) < 4.78 is 0. The lowest BCUT2D eigenvalue weighted by Gasteiger charge is -2.36. The Kier molecular flexibility index (Phi) is 7.35. The number of benzene rings is 4. The zero-order valence-corrected chi connectivity index (χ0v) is 20.0. The molecule has 0 bridgehead atoms. The predicted molar refractivity (Wildman–Crippen MR) is 145 cm³/mol. The number of amides is 1. The van der Waals surface area contributed by atoms with Gasteiger partial charge in [0, 0.05) is 6.54 Å². The summed E-state index contributed by atoms with van der Waals surface area (Å²) in [6.45, 7) is 2.34. The van der Waals surface area contributed by atoms with Gasteiger partial charge in [0.25, 0.3) is 0 Å². The molecule has 0 saturated carbocycles. The highest BCUT2D eigenvalue weighted by molar-refractivity contribution is 5.87. The average Bonchev–Trinajstić information content (AvgIpc) is 2.93. The molecule has 35 heavy (non-hydrogen) atoms. The molecule has 1 aliphatic rings. The molecular weight excluding hydrogens is 428 g/mol. The number of carbonyl (C=O) groups excluding carboxylic acids is 1. The molecule has 1 amide bonds. The van der Waals surface area contributed by atoms with Crippen molar-refractivity contribution < 1.29 is 4.79 Å². The average molecular weight is 461 g/mol. The van der Waals surface area contributed by atoms with Crippen molar-refractivity contribution in [1.82, 2.24) is 10.2 Å². The Morgan fingerprint density at radius 3 is 2.26 bits per heavy atom. The molecule has 1 saturated heterocycles. The van der Waals surface area contributed by atoms with Crippen molar-refractivity contribution in [3.05, 3.63) is 126 Å². The minimum atomic E-state index is -0.290. The van der Waals surface area contributed by atoms with Gasteiger partial charge in [0.05, 0.1) is 0 Å². The fourth-order valence-electron chi connectivity index (χ4n) is 5.11. The summed E-state index contributed by atoms with van der Waals surface area (Å²) in [6.07, 6.45) is 6.27. The summed E-state index contributed by atoms with van der Waals surface area (Å²) in [4.78, 5) is 15.9. The molecule has 1 aliphatic heterocycles. The van der Waals surface area contributed by atoms with E-state index in [9.17, 15) is 4.79 Å². The second-order valence-electron chi connectivity index (χ2n) is 9.29. The second kappa shape index (κ2) is 11.2. The van der Waals surface area contributed by atoms with Crippen LogP contribution in [0.2, 0.25) is 0 Å². The van der Waals surface area contributed by atoms with Gasteiger partial charge < -0.3 is 5.32 Å².